The summed E-state index contributed by atoms with van der Waals surface area (Å²) in [6.45, 7) is 6.25. The monoisotopic (exact) mass is 422 g/mol. The van der Waals surface area contributed by atoms with Crippen LogP contribution < -0.4 is 5.32 Å². The van der Waals surface area contributed by atoms with E-state index in [1.807, 2.05) is 0 Å². The van der Waals surface area contributed by atoms with Crippen molar-refractivity contribution in [3.05, 3.63) is 46.8 Å². The molecule has 1 aliphatic rings. The first-order chi connectivity index (χ1) is 14.1. The molecule has 3 rings (SSSR count). The molecule has 2 amide bonds. The number of benzene rings is 1. The molecule has 9 heteroatoms. The fourth-order valence-corrected chi connectivity index (χ4v) is 3.77. The van der Waals surface area contributed by atoms with Crippen LogP contribution in [0.4, 0.5) is 13.2 Å². The zero-order valence-electron chi connectivity index (χ0n) is 17.2. The largest absolute Gasteiger partial charge is 0.416 e. The molecule has 30 heavy (non-hydrogen) atoms. The molecule has 0 radical (unpaired) electrons. The fourth-order valence-electron chi connectivity index (χ4n) is 3.77. The van der Waals surface area contributed by atoms with Gasteiger partial charge in [-0.15, -0.1) is 0 Å². The highest BCUT2D eigenvalue weighted by molar-refractivity contribution is 5.79. The molecule has 0 bridgehead atoms. The van der Waals surface area contributed by atoms with Gasteiger partial charge in [0.2, 0.25) is 11.8 Å². The minimum Gasteiger partial charge on any atom is -0.353 e. The van der Waals surface area contributed by atoms with Gasteiger partial charge in [-0.2, -0.15) is 18.3 Å². The lowest BCUT2D eigenvalue weighted by Crippen LogP contribution is -2.46. The van der Waals surface area contributed by atoms with Crippen molar-refractivity contribution in [1.29, 1.82) is 0 Å². The summed E-state index contributed by atoms with van der Waals surface area (Å²) in [6, 6.07) is 4.97. The Morgan fingerprint density at radius 2 is 1.87 bits per heavy atom. The number of carbonyl (C=O) groups excluding carboxylic acids is 2. The summed E-state index contributed by atoms with van der Waals surface area (Å²) in [5.74, 6) is -0.126. The van der Waals surface area contributed by atoms with E-state index in [9.17, 15) is 22.8 Å². The van der Waals surface area contributed by atoms with Gasteiger partial charge in [-0.3, -0.25) is 9.59 Å². The van der Waals surface area contributed by atoms with Crippen molar-refractivity contribution in [2.75, 3.05) is 13.1 Å². The smallest absolute Gasteiger partial charge is 0.353 e. The van der Waals surface area contributed by atoms with Gasteiger partial charge < -0.3 is 10.2 Å². The summed E-state index contributed by atoms with van der Waals surface area (Å²) < 4.78 is 40.5. The number of aromatic nitrogens is 2. The molecule has 1 saturated heterocycles. The number of amides is 2. The number of carbonyl (C=O) groups is 2. The van der Waals surface area contributed by atoms with Crippen molar-refractivity contribution >= 4 is 11.8 Å². The number of piperidine rings is 1. The Morgan fingerprint density at radius 3 is 2.47 bits per heavy atom. The molecule has 0 aliphatic carbocycles. The van der Waals surface area contributed by atoms with E-state index in [1.165, 1.54) is 17.7 Å². The van der Waals surface area contributed by atoms with Crippen LogP contribution in [0.5, 0.6) is 0 Å². The van der Waals surface area contributed by atoms with Gasteiger partial charge >= 0.3 is 6.18 Å². The Bertz CT molecular complexity index is 944. The van der Waals surface area contributed by atoms with Crippen LogP contribution >= 0.6 is 0 Å². The van der Waals surface area contributed by atoms with E-state index in [2.05, 4.69) is 10.4 Å². The summed E-state index contributed by atoms with van der Waals surface area (Å²) in [4.78, 5) is 25.7. The van der Waals surface area contributed by atoms with Crippen LogP contribution in [0.25, 0.3) is 5.69 Å². The van der Waals surface area contributed by atoms with Crippen LogP contribution in [0, 0.1) is 13.8 Å². The van der Waals surface area contributed by atoms with Crippen LogP contribution in [0.1, 0.15) is 42.3 Å². The van der Waals surface area contributed by atoms with Gasteiger partial charge in [-0.05, 0) is 44.9 Å². The molecule has 162 valence electrons. The Hall–Kier alpha value is -2.84. The first kappa shape index (κ1) is 21.9. The number of aryl methyl sites for hydroxylation is 1. The normalized spacial score (nSPS) is 15.3. The van der Waals surface area contributed by atoms with E-state index in [0.29, 0.717) is 48.6 Å². The van der Waals surface area contributed by atoms with Crippen molar-refractivity contribution in [1.82, 2.24) is 20.0 Å². The van der Waals surface area contributed by atoms with Gasteiger partial charge in [-0.1, -0.05) is 6.07 Å². The van der Waals surface area contributed by atoms with Gasteiger partial charge in [0, 0.05) is 37.3 Å². The SMILES string of the molecule is CC(=O)N1CCC(NC(=O)Cc2c(C)nn(-c3cccc(C(F)(F)F)c3)c2C)CC1. The third kappa shape index (κ3) is 4.83. The molecule has 0 spiro atoms. The van der Waals surface area contributed by atoms with Crippen LogP contribution in [0.3, 0.4) is 0 Å². The molecule has 0 unspecified atom stereocenters. The Balaban J connectivity index is 1.71. The van der Waals surface area contributed by atoms with Gasteiger partial charge in [0.25, 0.3) is 0 Å². The third-order valence-electron chi connectivity index (χ3n) is 5.50. The van der Waals surface area contributed by atoms with Crippen molar-refractivity contribution < 1.29 is 22.8 Å². The highest BCUT2D eigenvalue weighted by Gasteiger charge is 2.31. The molecule has 1 aromatic carbocycles. The maximum absolute atomic E-state index is 13.0. The maximum atomic E-state index is 13.0. The lowest BCUT2D eigenvalue weighted by atomic mass is 10.0. The van der Waals surface area contributed by atoms with Crippen molar-refractivity contribution in [3.8, 4) is 5.69 Å². The summed E-state index contributed by atoms with van der Waals surface area (Å²) in [5, 5.41) is 7.35. The van der Waals surface area contributed by atoms with Crippen LogP contribution in [-0.2, 0) is 22.2 Å². The lowest BCUT2D eigenvalue weighted by Gasteiger charge is -2.31. The summed E-state index contributed by atoms with van der Waals surface area (Å²) in [7, 11) is 0. The van der Waals surface area contributed by atoms with Crippen LogP contribution in [0.15, 0.2) is 24.3 Å². The molecule has 1 fully saturated rings. The summed E-state index contributed by atoms with van der Waals surface area (Å²) >= 11 is 0. The number of nitrogens with zero attached hydrogens (tertiary/aromatic N) is 3. The zero-order chi connectivity index (χ0) is 22.1. The number of rotatable bonds is 4. The highest BCUT2D eigenvalue weighted by atomic mass is 19.4. The summed E-state index contributed by atoms with van der Waals surface area (Å²) in [6.07, 6.45) is -2.93. The third-order valence-corrected chi connectivity index (χ3v) is 5.50. The van der Waals surface area contributed by atoms with E-state index >= 15 is 0 Å². The molecule has 0 atom stereocenters. The van der Waals surface area contributed by atoms with E-state index in [4.69, 9.17) is 0 Å². The van der Waals surface area contributed by atoms with Crippen molar-refractivity contribution in [2.45, 2.75) is 52.3 Å². The van der Waals surface area contributed by atoms with Gasteiger partial charge in [0.05, 0.1) is 23.4 Å². The molecule has 2 aromatic rings. The number of nitrogens with one attached hydrogen (secondary N) is 1. The van der Waals surface area contributed by atoms with Crippen molar-refractivity contribution in [2.24, 2.45) is 0 Å². The number of alkyl halides is 3. The van der Waals surface area contributed by atoms with E-state index < -0.39 is 11.7 Å². The van der Waals surface area contributed by atoms with Gasteiger partial charge in [0.15, 0.2) is 0 Å². The topological polar surface area (TPSA) is 67.2 Å². The Labute approximate surface area is 173 Å². The molecule has 1 aromatic heterocycles. The highest BCUT2D eigenvalue weighted by Crippen LogP contribution is 2.31. The average Bonchev–Trinajstić information content (AvgIpc) is 2.96. The first-order valence-corrected chi connectivity index (χ1v) is 9.84. The lowest BCUT2D eigenvalue weighted by molar-refractivity contribution is -0.137. The zero-order valence-corrected chi connectivity index (χ0v) is 17.2. The van der Waals surface area contributed by atoms with E-state index in [1.54, 1.807) is 24.8 Å². The van der Waals surface area contributed by atoms with Crippen molar-refractivity contribution in [3.63, 3.8) is 0 Å². The Kier molecular flexibility index (Phi) is 6.19. The number of hydrogen-bond acceptors (Lipinski definition) is 3. The van der Waals surface area contributed by atoms with Crippen LogP contribution in [-0.4, -0.2) is 45.6 Å². The standard InChI is InChI=1S/C21H25F3N4O2/c1-13-19(12-20(30)25-17-7-9-27(10-8-17)15(3)29)14(2)28(26-13)18-6-4-5-16(11-18)21(22,23)24/h4-6,11,17H,7-10,12H2,1-3H3,(H,25,30). The second-order valence-electron chi connectivity index (χ2n) is 7.63. The quantitative estimate of drug-likeness (QED) is 0.823. The molecular formula is C21H25F3N4O2. The van der Waals surface area contributed by atoms with Crippen LogP contribution in [0.2, 0.25) is 0 Å². The number of likely N-dealkylation sites (tertiary alicyclic amines) is 1. The molecule has 2 heterocycles. The predicted molar refractivity (Wildman–Crippen MR) is 105 cm³/mol. The first-order valence-electron chi connectivity index (χ1n) is 9.84. The predicted octanol–water partition coefficient (Wildman–Crippen LogP) is 3.18. The average molecular weight is 422 g/mol. The van der Waals surface area contributed by atoms with Gasteiger partial charge in [-0.25, -0.2) is 4.68 Å². The van der Waals surface area contributed by atoms with E-state index in [-0.39, 0.29) is 24.3 Å². The maximum Gasteiger partial charge on any atom is 0.416 e. The molecule has 0 saturated carbocycles. The Morgan fingerprint density at radius 1 is 1.20 bits per heavy atom. The second kappa shape index (κ2) is 8.49. The van der Waals surface area contributed by atoms with E-state index in [0.717, 1.165) is 12.1 Å². The molecule has 1 N–H and O–H groups in total. The molecule has 6 nitrogen and oxygen atoms in total. The number of halogens is 3. The minimum atomic E-state index is -4.44. The summed E-state index contributed by atoms with van der Waals surface area (Å²) in [5.41, 5.74) is 1.49. The minimum absolute atomic E-state index is 0.00669. The fraction of sp³-hybridized carbons (Fsp3) is 0.476. The van der Waals surface area contributed by atoms with Gasteiger partial charge in [0.1, 0.15) is 0 Å². The molecule has 1 aliphatic heterocycles. The number of hydrogen-bond donors (Lipinski definition) is 1. The molecular weight excluding hydrogens is 397 g/mol. The second-order valence-corrected chi connectivity index (χ2v) is 7.63.